The molecule has 1 saturated carbocycles. The molecule has 0 amide bonds. The van der Waals surface area contributed by atoms with Gasteiger partial charge in [0.15, 0.2) is 0 Å². The fourth-order valence-corrected chi connectivity index (χ4v) is 4.77. The zero-order valence-corrected chi connectivity index (χ0v) is 14.0. The van der Waals surface area contributed by atoms with E-state index in [9.17, 15) is 0 Å². The minimum atomic E-state index is 0.328. The average Bonchev–Trinajstić information content (AvgIpc) is 2.52. The van der Waals surface area contributed by atoms with Crippen LogP contribution in [0, 0.1) is 5.92 Å². The van der Waals surface area contributed by atoms with Gasteiger partial charge in [-0.05, 0) is 67.4 Å². The summed E-state index contributed by atoms with van der Waals surface area (Å²) in [5.74, 6) is 1.80. The second-order valence-corrected chi connectivity index (χ2v) is 7.14. The van der Waals surface area contributed by atoms with Crippen molar-refractivity contribution < 1.29 is 4.74 Å². The average molecular weight is 287 g/mol. The molecule has 1 fully saturated rings. The van der Waals surface area contributed by atoms with Crippen molar-refractivity contribution in [2.24, 2.45) is 5.92 Å². The van der Waals surface area contributed by atoms with E-state index in [2.05, 4.69) is 44.0 Å². The number of fused-ring (bicyclic) bond motifs is 3. The molecule has 2 aliphatic rings. The van der Waals surface area contributed by atoms with Gasteiger partial charge in [0.25, 0.3) is 0 Å². The van der Waals surface area contributed by atoms with Crippen molar-refractivity contribution >= 4 is 0 Å². The summed E-state index contributed by atoms with van der Waals surface area (Å²) in [6.07, 6.45) is 6.66. The first kappa shape index (κ1) is 14.9. The van der Waals surface area contributed by atoms with Crippen LogP contribution in [0.2, 0.25) is 0 Å². The Morgan fingerprint density at radius 3 is 2.86 bits per heavy atom. The topological polar surface area (TPSA) is 12.5 Å². The predicted molar refractivity (Wildman–Crippen MR) is 88.1 cm³/mol. The SMILES string of the molecule is CCN(C)[C@H]1Cc2ccc(OC)cc2[C@]2(C)CCCC[C@H]12. The largest absolute Gasteiger partial charge is 0.497 e. The van der Waals surface area contributed by atoms with Gasteiger partial charge in [-0.1, -0.05) is 32.8 Å². The monoisotopic (exact) mass is 287 g/mol. The summed E-state index contributed by atoms with van der Waals surface area (Å²) in [6.45, 7) is 5.93. The van der Waals surface area contributed by atoms with Crippen molar-refractivity contribution in [1.29, 1.82) is 0 Å². The standard InChI is InChI=1S/C19H29NO/c1-5-20(3)18-12-14-9-10-15(21-4)13-17(14)19(2)11-7-6-8-16(18)19/h9-10,13,16,18H,5-8,11-12H2,1-4H3/t16-,18+,19-/m1/s1. The van der Waals surface area contributed by atoms with Crippen LogP contribution in [-0.4, -0.2) is 31.6 Å². The van der Waals surface area contributed by atoms with E-state index in [0.717, 1.165) is 18.2 Å². The van der Waals surface area contributed by atoms with Crippen LogP contribution in [-0.2, 0) is 11.8 Å². The molecule has 21 heavy (non-hydrogen) atoms. The van der Waals surface area contributed by atoms with Crippen LogP contribution in [0.3, 0.4) is 0 Å². The van der Waals surface area contributed by atoms with E-state index in [1.54, 1.807) is 18.2 Å². The number of rotatable bonds is 3. The van der Waals surface area contributed by atoms with E-state index in [1.165, 1.54) is 32.1 Å². The molecule has 0 aliphatic heterocycles. The fourth-order valence-electron chi connectivity index (χ4n) is 4.77. The summed E-state index contributed by atoms with van der Waals surface area (Å²) in [5.41, 5.74) is 3.43. The first-order valence-corrected chi connectivity index (χ1v) is 8.47. The van der Waals surface area contributed by atoms with Gasteiger partial charge in [-0.2, -0.15) is 0 Å². The molecule has 1 aromatic carbocycles. The lowest BCUT2D eigenvalue weighted by molar-refractivity contribution is 0.0711. The third-order valence-corrected chi connectivity index (χ3v) is 6.17. The van der Waals surface area contributed by atoms with Crippen molar-refractivity contribution in [2.75, 3.05) is 20.7 Å². The van der Waals surface area contributed by atoms with Crippen LogP contribution in [0.5, 0.6) is 5.75 Å². The Morgan fingerprint density at radius 2 is 2.14 bits per heavy atom. The van der Waals surface area contributed by atoms with E-state index in [0.29, 0.717) is 11.5 Å². The molecule has 0 spiro atoms. The highest BCUT2D eigenvalue weighted by Crippen LogP contribution is 2.51. The number of benzene rings is 1. The second kappa shape index (κ2) is 5.64. The summed E-state index contributed by atoms with van der Waals surface area (Å²) in [4.78, 5) is 2.57. The van der Waals surface area contributed by atoms with E-state index < -0.39 is 0 Å². The summed E-state index contributed by atoms with van der Waals surface area (Å²) >= 11 is 0. The zero-order chi connectivity index (χ0) is 15.0. The van der Waals surface area contributed by atoms with Crippen LogP contribution in [0.25, 0.3) is 0 Å². The van der Waals surface area contributed by atoms with Crippen molar-refractivity contribution in [1.82, 2.24) is 4.90 Å². The number of likely N-dealkylation sites (N-methyl/N-ethyl adjacent to an activating group) is 1. The Balaban J connectivity index is 2.07. The van der Waals surface area contributed by atoms with E-state index in [-0.39, 0.29) is 0 Å². The molecule has 0 aromatic heterocycles. The maximum absolute atomic E-state index is 5.49. The predicted octanol–water partition coefficient (Wildman–Crippen LogP) is 4.02. The van der Waals surface area contributed by atoms with E-state index >= 15 is 0 Å². The van der Waals surface area contributed by atoms with Crippen LogP contribution >= 0.6 is 0 Å². The van der Waals surface area contributed by atoms with Crippen molar-refractivity contribution in [2.45, 2.75) is 57.4 Å². The van der Waals surface area contributed by atoms with Crippen LogP contribution in [0.1, 0.15) is 50.7 Å². The van der Waals surface area contributed by atoms with Gasteiger partial charge in [0, 0.05) is 6.04 Å². The van der Waals surface area contributed by atoms with Crippen molar-refractivity contribution in [3.8, 4) is 5.75 Å². The molecule has 2 nitrogen and oxygen atoms in total. The van der Waals surface area contributed by atoms with Crippen LogP contribution in [0.4, 0.5) is 0 Å². The third kappa shape index (κ3) is 2.38. The second-order valence-electron chi connectivity index (χ2n) is 7.14. The highest BCUT2D eigenvalue weighted by molar-refractivity contribution is 5.44. The Bertz CT molecular complexity index is 512. The van der Waals surface area contributed by atoms with E-state index in [1.807, 2.05) is 0 Å². The zero-order valence-electron chi connectivity index (χ0n) is 14.0. The first-order valence-electron chi connectivity index (χ1n) is 8.47. The minimum absolute atomic E-state index is 0.328. The Morgan fingerprint density at radius 1 is 1.33 bits per heavy atom. The maximum atomic E-state index is 5.49. The molecule has 0 unspecified atom stereocenters. The first-order chi connectivity index (χ1) is 10.1. The normalized spacial score (nSPS) is 31.7. The molecule has 3 rings (SSSR count). The highest BCUT2D eigenvalue weighted by Gasteiger charge is 2.47. The van der Waals surface area contributed by atoms with Crippen LogP contribution < -0.4 is 4.74 Å². The summed E-state index contributed by atoms with van der Waals surface area (Å²) in [7, 11) is 4.08. The summed E-state index contributed by atoms with van der Waals surface area (Å²) in [5, 5.41) is 0. The summed E-state index contributed by atoms with van der Waals surface area (Å²) in [6, 6.07) is 7.45. The number of ether oxygens (including phenoxy) is 1. The number of nitrogens with zero attached hydrogens (tertiary/aromatic N) is 1. The van der Waals surface area contributed by atoms with Gasteiger partial charge in [0.2, 0.25) is 0 Å². The molecule has 3 atom stereocenters. The summed E-state index contributed by atoms with van der Waals surface area (Å²) < 4.78 is 5.49. The van der Waals surface area contributed by atoms with Crippen LogP contribution in [0.15, 0.2) is 18.2 Å². The van der Waals surface area contributed by atoms with Gasteiger partial charge in [-0.3, -0.25) is 0 Å². The lowest BCUT2D eigenvalue weighted by atomic mass is 9.56. The number of hydrogen-bond donors (Lipinski definition) is 0. The van der Waals surface area contributed by atoms with Gasteiger partial charge >= 0.3 is 0 Å². The molecule has 0 heterocycles. The Labute approximate surface area is 129 Å². The Hall–Kier alpha value is -1.02. The van der Waals surface area contributed by atoms with Gasteiger partial charge < -0.3 is 9.64 Å². The molecule has 1 aromatic rings. The van der Waals surface area contributed by atoms with E-state index in [4.69, 9.17) is 4.74 Å². The van der Waals surface area contributed by atoms with Gasteiger partial charge in [0.05, 0.1) is 7.11 Å². The van der Waals surface area contributed by atoms with Gasteiger partial charge in [-0.15, -0.1) is 0 Å². The van der Waals surface area contributed by atoms with Gasteiger partial charge in [0.1, 0.15) is 5.75 Å². The fraction of sp³-hybridized carbons (Fsp3) is 0.684. The lowest BCUT2D eigenvalue weighted by Gasteiger charge is -2.52. The molecule has 0 bridgehead atoms. The highest BCUT2D eigenvalue weighted by atomic mass is 16.5. The molecule has 0 radical (unpaired) electrons. The molecule has 0 N–H and O–H groups in total. The molecular weight excluding hydrogens is 258 g/mol. The molecule has 2 heteroatoms. The Kier molecular flexibility index (Phi) is 4.00. The van der Waals surface area contributed by atoms with Crippen molar-refractivity contribution in [3.05, 3.63) is 29.3 Å². The lowest BCUT2D eigenvalue weighted by Crippen LogP contribution is -2.53. The third-order valence-electron chi connectivity index (χ3n) is 6.17. The maximum Gasteiger partial charge on any atom is 0.119 e. The number of hydrogen-bond acceptors (Lipinski definition) is 2. The van der Waals surface area contributed by atoms with Gasteiger partial charge in [-0.25, -0.2) is 0 Å². The molecule has 2 aliphatic carbocycles. The van der Waals surface area contributed by atoms with Crippen molar-refractivity contribution in [3.63, 3.8) is 0 Å². The minimum Gasteiger partial charge on any atom is -0.497 e. The quantitative estimate of drug-likeness (QED) is 0.832. The molecule has 0 saturated heterocycles. The molecule has 116 valence electrons. The molecular formula is C19H29NO. The number of methoxy groups -OCH3 is 1. The smallest absolute Gasteiger partial charge is 0.119 e.